The molecular weight excluding hydrogens is 299 g/mol. The van der Waals surface area contributed by atoms with Crippen molar-refractivity contribution in [3.63, 3.8) is 0 Å². The molecule has 23 heavy (non-hydrogen) atoms. The predicted molar refractivity (Wildman–Crippen MR) is 83.3 cm³/mol. The molecule has 5 heteroatoms. The number of hydrogen-bond acceptors (Lipinski definition) is 4. The molecule has 0 unspecified atom stereocenters. The second-order valence-electron chi connectivity index (χ2n) is 5.28. The highest BCUT2D eigenvalue weighted by Crippen LogP contribution is 2.26. The molecule has 4 nitrogen and oxygen atoms in total. The van der Waals surface area contributed by atoms with Gasteiger partial charge in [0.25, 0.3) is 0 Å². The SMILES string of the molecule is CC(=O)C(C)(Oc1ccc(Oc2ccc(F)cc2)cc1)C(C)=O. The number of hydrogen-bond donors (Lipinski definition) is 0. The summed E-state index contributed by atoms with van der Waals surface area (Å²) in [7, 11) is 0. The molecule has 0 spiro atoms. The molecule has 2 aromatic carbocycles. The third kappa shape index (κ3) is 3.94. The molecule has 0 aromatic heterocycles. The van der Waals surface area contributed by atoms with E-state index in [1.807, 2.05) is 0 Å². The number of carbonyl (C=O) groups excluding carboxylic acids is 2. The van der Waals surface area contributed by atoms with Crippen molar-refractivity contribution in [1.29, 1.82) is 0 Å². The van der Waals surface area contributed by atoms with Gasteiger partial charge in [0.05, 0.1) is 0 Å². The fourth-order valence-corrected chi connectivity index (χ4v) is 1.84. The van der Waals surface area contributed by atoms with Crippen molar-refractivity contribution in [1.82, 2.24) is 0 Å². The van der Waals surface area contributed by atoms with Crippen LogP contribution in [-0.4, -0.2) is 17.2 Å². The summed E-state index contributed by atoms with van der Waals surface area (Å²) >= 11 is 0. The van der Waals surface area contributed by atoms with Crippen molar-refractivity contribution >= 4 is 11.6 Å². The Labute approximate surface area is 133 Å². The van der Waals surface area contributed by atoms with E-state index in [4.69, 9.17) is 9.47 Å². The highest BCUT2D eigenvalue weighted by Gasteiger charge is 2.37. The van der Waals surface area contributed by atoms with Crippen molar-refractivity contribution in [3.05, 3.63) is 54.3 Å². The number of halogens is 1. The van der Waals surface area contributed by atoms with Crippen LogP contribution >= 0.6 is 0 Å². The lowest BCUT2D eigenvalue weighted by Gasteiger charge is -2.25. The number of carbonyl (C=O) groups is 2. The zero-order chi connectivity index (χ0) is 17.0. The van der Waals surface area contributed by atoms with Gasteiger partial charge in [-0.15, -0.1) is 0 Å². The van der Waals surface area contributed by atoms with Crippen molar-refractivity contribution in [2.75, 3.05) is 0 Å². The third-order valence-corrected chi connectivity index (χ3v) is 3.54. The van der Waals surface area contributed by atoms with E-state index >= 15 is 0 Å². The van der Waals surface area contributed by atoms with Crippen molar-refractivity contribution in [2.45, 2.75) is 26.4 Å². The number of ketones is 2. The topological polar surface area (TPSA) is 52.6 Å². The largest absolute Gasteiger partial charge is 0.472 e. The summed E-state index contributed by atoms with van der Waals surface area (Å²) in [5.41, 5.74) is -1.50. The lowest BCUT2D eigenvalue weighted by atomic mass is 9.97. The van der Waals surface area contributed by atoms with Crippen LogP contribution in [0.1, 0.15) is 20.8 Å². The van der Waals surface area contributed by atoms with Gasteiger partial charge in [-0.3, -0.25) is 9.59 Å². The van der Waals surface area contributed by atoms with Gasteiger partial charge >= 0.3 is 0 Å². The molecule has 0 bridgehead atoms. The Bertz CT molecular complexity index is 691. The summed E-state index contributed by atoms with van der Waals surface area (Å²) in [6.07, 6.45) is 0. The zero-order valence-electron chi connectivity index (χ0n) is 13.1. The van der Waals surface area contributed by atoms with Crippen LogP contribution in [0, 0.1) is 5.82 Å². The molecule has 2 rings (SSSR count). The first kappa shape index (κ1) is 16.7. The van der Waals surface area contributed by atoms with Gasteiger partial charge in [0.15, 0.2) is 11.6 Å². The van der Waals surface area contributed by atoms with E-state index in [1.54, 1.807) is 24.3 Å². The molecule has 0 aliphatic heterocycles. The second-order valence-corrected chi connectivity index (χ2v) is 5.28. The molecule has 0 N–H and O–H groups in total. The number of ether oxygens (including phenoxy) is 2. The van der Waals surface area contributed by atoms with Gasteiger partial charge in [0.1, 0.15) is 23.1 Å². The van der Waals surface area contributed by atoms with E-state index < -0.39 is 5.60 Å². The van der Waals surface area contributed by atoms with Gasteiger partial charge in [0.2, 0.25) is 5.60 Å². The lowest BCUT2D eigenvalue weighted by molar-refractivity contribution is -0.143. The van der Waals surface area contributed by atoms with Gasteiger partial charge in [0, 0.05) is 0 Å². The Hall–Kier alpha value is -2.69. The second kappa shape index (κ2) is 6.60. The molecular formula is C18H17FO4. The minimum absolute atomic E-state index is 0.339. The van der Waals surface area contributed by atoms with Crippen LogP contribution in [0.4, 0.5) is 4.39 Å². The van der Waals surface area contributed by atoms with Gasteiger partial charge in [-0.05, 0) is 69.3 Å². The first-order chi connectivity index (χ1) is 10.8. The van der Waals surface area contributed by atoms with Crippen molar-refractivity contribution in [3.8, 4) is 17.2 Å². The Kier molecular flexibility index (Phi) is 4.79. The van der Waals surface area contributed by atoms with Crippen LogP contribution in [0.3, 0.4) is 0 Å². The van der Waals surface area contributed by atoms with Gasteiger partial charge < -0.3 is 9.47 Å². The van der Waals surface area contributed by atoms with Crippen LogP contribution in [0.15, 0.2) is 48.5 Å². The van der Waals surface area contributed by atoms with Crippen molar-refractivity contribution < 1.29 is 23.5 Å². The highest BCUT2D eigenvalue weighted by atomic mass is 19.1. The molecule has 0 atom stereocenters. The smallest absolute Gasteiger partial charge is 0.221 e. The average molecular weight is 316 g/mol. The van der Waals surface area contributed by atoms with Crippen LogP contribution in [0.25, 0.3) is 0 Å². The van der Waals surface area contributed by atoms with E-state index in [0.29, 0.717) is 17.2 Å². The number of Topliss-reactive ketones (excluding diaryl/α,β-unsaturated/α-hetero) is 2. The zero-order valence-corrected chi connectivity index (χ0v) is 13.1. The molecule has 0 aliphatic carbocycles. The van der Waals surface area contributed by atoms with Crippen LogP contribution < -0.4 is 9.47 Å². The summed E-state index contributed by atoms with van der Waals surface area (Å²) in [5.74, 6) is 0.333. The Balaban J connectivity index is 2.11. The molecule has 0 fully saturated rings. The van der Waals surface area contributed by atoms with Crippen molar-refractivity contribution in [2.24, 2.45) is 0 Å². The molecule has 0 aliphatic rings. The summed E-state index contributed by atoms with van der Waals surface area (Å²) in [6.45, 7) is 4.07. The van der Waals surface area contributed by atoms with E-state index in [2.05, 4.69) is 0 Å². The fourth-order valence-electron chi connectivity index (χ4n) is 1.84. The predicted octanol–water partition coefficient (Wildman–Crippen LogP) is 3.93. The maximum atomic E-state index is 12.8. The maximum Gasteiger partial charge on any atom is 0.221 e. The molecule has 0 saturated carbocycles. The minimum atomic E-state index is -1.50. The monoisotopic (exact) mass is 316 g/mol. The lowest BCUT2D eigenvalue weighted by Crippen LogP contribution is -2.46. The quantitative estimate of drug-likeness (QED) is 0.758. The molecule has 0 amide bonds. The summed E-state index contributed by atoms with van der Waals surface area (Å²) in [5, 5.41) is 0. The van der Waals surface area contributed by atoms with Crippen LogP contribution in [0.2, 0.25) is 0 Å². The maximum absolute atomic E-state index is 12.8. The van der Waals surface area contributed by atoms with Gasteiger partial charge in [-0.25, -0.2) is 4.39 Å². The standard InChI is InChI=1S/C18H17FO4/c1-12(20)18(3,13(2)21)23-17-10-8-16(9-11-17)22-15-6-4-14(19)5-7-15/h4-11H,1-3H3. The molecule has 2 aromatic rings. The van der Waals surface area contributed by atoms with Gasteiger partial charge in [-0.2, -0.15) is 0 Å². The first-order valence-electron chi connectivity index (χ1n) is 7.06. The average Bonchev–Trinajstić information content (AvgIpc) is 2.51. The summed E-state index contributed by atoms with van der Waals surface area (Å²) in [4.78, 5) is 23.3. The number of rotatable bonds is 6. The highest BCUT2D eigenvalue weighted by molar-refractivity contribution is 6.08. The third-order valence-electron chi connectivity index (χ3n) is 3.54. The Morgan fingerprint density at radius 2 is 1.22 bits per heavy atom. The first-order valence-corrected chi connectivity index (χ1v) is 7.06. The molecule has 120 valence electrons. The number of benzene rings is 2. The normalized spacial score (nSPS) is 11.0. The fraction of sp³-hybridized carbons (Fsp3) is 0.222. The van der Waals surface area contributed by atoms with Crippen LogP contribution in [0.5, 0.6) is 17.2 Å². The van der Waals surface area contributed by atoms with Crippen LogP contribution in [-0.2, 0) is 9.59 Å². The molecule has 0 heterocycles. The Morgan fingerprint density at radius 1 is 0.826 bits per heavy atom. The molecule has 0 radical (unpaired) electrons. The molecule has 0 saturated heterocycles. The van der Waals surface area contributed by atoms with Gasteiger partial charge in [-0.1, -0.05) is 0 Å². The summed E-state index contributed by atoms with van der Waals surface area (Å²) < 4.78 is 23.9. The van der Waals surface area contributed by atoms with E-state index in [1.165, 1.54) is 45.0 Å². The minimum Gasteiger partial charge on any atom is -0.472 e. The van der Waals surface area contributed by atoms with E-state index in [9.17, 15) is 14.0 Å². The summed E-state index contributed by atoms with van der Waals surface area (Å²) in [6, 6.07) is 12.1. The van der Waals surface area contributed by atoms with E-state index in [-0.39, 0.29) is 17.4 Å². The Morgan fingerprint density at radius 3 is 1.65 bits per heavy atom. The van der Waals surface area contributed by atoms with E-state index in [0.717, 1.165) is 0 Å².